The van der Waals surface area contributed by atoms with Crippen molar-refractivity contribution < 1.29 is 4.74 Å². The van der Waals surface area contributed by atoms with E-state index in [0.717, 1.165) is 23.4 Å². The first-order valence-electron chi connectivity index (χ1n) is 7.32. The van der Waals surface area contributed by atoms with Crippen LogP contribution in [-0.4, -0.2) is 30.6 Å². The molecule has 0 amide bonds. The van der Waals surface area contributed by atoms with Crippen LogP contribution in [-0.2, 0) is 0 Å². The van der Waals surface area contributed by atoms with Crippen LogP contribution in [0.4, 0.5) is 0 Å². The molecule has 3 heteroatoms. The summed E-state index contributed by atoms with van der Waals surface area (Å²) in [5.41, 5.74) is 0. The van der Waals surface area contributed by atoms with Gasteiger partial charge in [0.15, 0.2) is 0 Å². The fraction of sp³-hybridized carbons (Fsp3) is 0.412. The third kappa shape index (κ3) is 2.99. The fourth-order valence-electron chi connectivity index (χ4n) is 2.98. The van der Waals surface area contributed by atoms with Gasteiger partial charge in [0, 0.05) is 10.5 Å². The summed E-state index contributed by atoms with van der Waals surface area (Å²) in [7, 11) is 0. The van der Waals surface area contributed by atoms with Crippen molar-refractivity contribution in [1.29, 1.82) is 0 Å². The monoisotopic (exact) mass is 333 g/mol. The van der Waals surface area contributed by atoms with Crippen molar-refractivity contribution >= 4 is 26.7 Å². The minimum absolute atomic E-state index is 0.584. The molecule has 1 saturated heterocycles. The van der Waals surface area contributed by atoms with Gasteiger partial charge in [0.25, 0.3) is 0 Å². The van der Waals surface area contributed by atoms with Gasteiger partial charge in [-0.25, -0.2) is 0 Å². The van der Waals surface area contributed by atoms with E-state index in [9.17, 15) is 0 Å². The summed E-state index contributed by atoms with van der Waals surface area (Å²) in [5, 5.41) is 2.47. The van der Waals surface area contributed by atoms with Crippen molar-refractivity contribution in [3.63, 3.8) is 0 Å². The van der Waals surface area contributed by atoms with Crippen LogP contribution in [0.1, 0.15) is 19.8 Å². The van der Waals surface area contributed by atoms with Gasteiger partial charge in [0.05, 0.1) is 0 Å². The molecule has 2 nitrogen and oxygen atoms in total. The van der Waals surface area contributed by atoms with Gasteiger partial charge in [0.1, 0.15) is 12.4 Å². The molecule has 1 atom stereocenters. The highest BCUT2D eigenvalue weighted by atomic mass is 79.9. The lowest BCUT2D eigenvalue weighted by atomic mass is 10.1. The van der Waals surface area contributed by atoms with Crippen LogP contribution in [0, 0.1) is 0 Å². The zero-order valence-corrected chi connectivity index (χ0v) is 13.4. The molecular formula is C17H20BrNO. The van der Waals surface area contributed by atoms with Gasteiger partial charge >= 0.3 is 0 Å². The lowest BCUT2D eigenvalue weighted by Gasteiger charge is -2.22. The van der Waals surface area contributed by atoms with Crippen molar-refractivity contribution in [2.24, 2.45) is 0 Å². The molecule has 0 bridgehead atoms. The normalized spacial score (nSPS) is 19.6. The van der Waals surface area contributed by atoms with Crippen molar-refractivity contribution in [2.45, 2.75) is 25.8 Å². The molecule has 2 aromatic rings. The first-order chi connectivity index (χ1) is 9.76. The number of likely N-dealkylation sites (N-methyl/N-ethyl adjacent to an activating group) is 1. The molecule has 1 heterocycles. The smallest absolute Gasteiger partial charge is 0.120 e. The van der Waals surface area contributed by atoms with Crippen molar-refractivity contribution in [3.05, 3.63) is 40.9 Å². The van der Waals surface area contributed by atoms with Crippen LogP contribution in [0.3, 0.4) is 0 Å². The molecule has 0 N–H and O–H groups in total. The molecule has 0 radical (unpaired) electrons. The average Bonchev–Trinajstić information content (AvgIpc) is 2.92. The molecule has 1 aliphatic rings. The van der Waals surface area contributed by atoms with E-state index in [1.807, 2.05) is 0 Å². The topological polar surface area (TPSA) is 12.5 Å². The third-order valence-electron chi connectivity index (χ3n) is 4.12. The Hall–Kier alpha value is -1.06. The highest BCUT2D eigenvalue weighted by Gasteiger charge is 2.23. The number of fused-ring (bicyclic) bond motifs is 1. The molecule has 106 valence electrons. The molecule has 3 rings (SSSR count). The van der Waals surface area contributed by atoms with Gasteiger partial charge in [-0.3, -0.25) is 4.90 Å². The van der Waals surface area contributed by atoms with Crippen LogP contribution in [0.5, 0.6) is 5.75 Å². The van der Waals surface area contributed by atoms with E-state index in [0.29, 0.717) is 6.04 Å². The molecule has 1 aliphatic heterocycles. The highest BCUT2D eigenvalue weighted by molar-refractivity contribution is 9.10. The van der Waals surface area contributed by atoms with Gasteiger partial charge < -0.3 is 4.74 Å². The number of nitrogens with zero attached hydrogens (tertiary/aromatic N) is 1. The van der Waals surface area contributed by atoms with Crippen LogP contribution < -0.4 is 4.74 Å². The number of hydrogen-bond donors (Lipinski definition) is 0. The third-order valence-corrected chi connectivity index (χ3v) is 4.61. The number of likely N-dealkylation sites (tertiary alicyclic amines) is 1. The maximum absolute atomic E-state index is 6.01. The lowest BCUT2D eigenvalue weighted by Crippen LogP contribution is -2.33. The summed E-state index contributed by atoms with van der Waals surface area (Å²) in [6.07, 6.45) is 2.56. The Balaban J connectivity index is 1.70. The maximum atomic E-state index is 6.01. The molecule has 0 unspecified atom stereocenters. The minimum Gasteiger partial charge on any atom is -0.492 e. The fourth-order valence-corrected chi connectivity index (χ4v) is 3.36. The Kier molecular flexibility index (Phi) is 4.27. The molecular weight excluding hydrogens is 314 g/mol. The van der Waals surface area contributed by atoms with Gasteiger partial charge in [-0.2, -0.15) is 0 Å². The predicted octanol–water partition coefficient (Wildman–Crippen LogP) is 4.47. The van der Waals surface area contributed by atoms with Crippen molar-refractivity contribution in [3.8, 4) is 5.75 Å². The van der Waals surface area contributed by atoms with E-state index in [1.165, 1.54) is 30.2 Å². The number of rotatable bonds is 4. The highest BCUT2D eigenvalue weighted by Crippen LogP contribution is 2.25. The summed E-state index contributed by atoms with van der Waals surface area (Å²) < 4.78 is 7.12. The number of ether oxygens (including phenoxy) is 1. The lowest BCUT2D eigenvalue weighted by molar-refractivity contribution is 0.179. The Labute approximate surface area is 128 Å². The molecule has 0 aromatic heterocycles. The number of hydrogen-bond acceptors (Lipinski definition) is 2. The molecule has 2 aromatic carbocycles. The zero-order chi connectivity index (χ0) is 13.9. The Morgan fingerprint density at radius 3 is 2.85 bits per heavy atom. The van der Waals surface area contributed by atoms with Crippen molar-refractivity contribution in [1.82, 2.24) is 4.90 Å². The molecule has 1 fully saturated rings. The van der Waals surface area contributed by atoms with Gasteiger partial charge in [-0.15, -0.1) is 0 Å². The van der Waals surface area contributed by atoms with Gasteiger partial charge in [-0.1, -0.05) is 35.0 Å². The van der Waals surface area contributed by atoms with Crippen LogP contribution >= 0.6 is 15.9 Å². The standard InChI is InChI=1S/C17H20BrNO/c1-2-19-9-3-4-16(19)12-20-17-8-6-13-10-15(18)7-5-14(13)11-17/h5-8,10-11,16H,2-4,9,12H2,1H3/t16-/m1/s1. The Bertz CT molecular complexity index is 599. The second kappa shape index (κ2) is 6.15. The molecule has 0 spiro atoms. The van der Waals surface area contributed by atoms with Crippen LogP contribution in [0.2, 0.25) is 0 Å². The van der Waals surface area contributed by atoms with Crippen LogP contribution in [0.15, 0.2) is 40.9 Å². The van der Waals surface area contributed by atoms with E-state index in [-0.39, 0.29) is 0 Å². The van der Waals surface area contributed by atoms with Gasteiger partial charge in [0.2, 0.25) is 0 Å². The van der Waals surface area contributed by atoms with E-state index in [4.69, 9.17) is 4.74 Å². The predicted molar refractivity (Wildman–Crippen MR) is 87.4 cm³/mol. The second-order valence-corrected chi connectivity index (χ2v) is 6.30. The van der Waals surface area contributed by atoms with E-state index >= 15 is 0 Å². The molecule has 0 aliphatic carbocycles. The Morgan fingerprint density at radius 2 is 2.00 bits per heavy atom. The number of benzene rings is 2. The van der Waals surface area contributed by atoms with Crippen LogP contribution in [0.25, 0.3) is 10.8 Å². The second-order valence-electron chi connectivity index (χ2n) is 5.39. The largest absolute Gasteiger partial charge is 0.492 e. The number of halogens is 1. The van der Waals surface area contributed by atoms with E-state index in [1.54, 1.807) is 0 Å². The molecule has 20 heavy (non-hydrogen) atoms. The summed E-state index contributed by atoms with van der Waals surface area (Å²) in [6.45, 7) is 5.37. The Morgan fingerprint density at radius 1 is 1.20 bits per heavy atom. The van der Waals surface area contributed by atoms with Crippen molar-refractivity contribution in [2.75, 3.05) is 19.7 Å². The first-order valence-corrected chi connectivity index (χ1v) is 8.12. The molecule has 0 saturated carbocycles. The van der Waals surface area contributed by atoms with Gasteiger partial charge in [-0.05, 0) is 61.0 Å². The SMILES string of the molecule is CCN1CCC[C@@H]1COc1ccc2cc(Br)ccc2c1. The summed E-state index contributed by atoms with van der Waals surface area (Å²) in [4.78, 5) is 2.51. The average molecular weight is 334 g/mol. The first kappa shape index (κ1) is 13.9. The van der Waals surface area contributed by atoms with E-state index in [2.05, 4.69) is 64.2 Å². The quantitative estimate of drug-likeness (QED) is 0.818. The maximum Gasteiger partial charge on any atom is 0.120 e. The summed E-state index contributed by atoms with van der Waals surface area (Å²) >= 11 is 3.50. The zero-order valence-electron chi connectivity index (χ0n) is 11.8. The minimum atomic E-state index is 0.584. The summed E-state index contributed by atoms with van der Waals surface area (Å²) in [6, 6.07) is 13.2. The van der Waals surface area contributed by atoms with E-state index < -0.39 is 0 Å². The summed E-state index contributed by atoms with van der Waals surface area (Å²) in [5.74, 6) is 0.975.